The van der Waals surface area contributed by atoms with E-state index >= 15 is 0 Å². The first-order valence-electron chi connectivity index (χ1n) is 8.09. The molecule has 0 radical (unpaired) electrons. The number of ether oxygens (including phenoxy) is 1. The van der Waals surface area contributed by atoms with Crippen molar-refractivity contribution in [3.63, 3.8) is 0 Å². The lowest BCUT2D eigenvalue weighted by Gasteiger charge is -2.40. The fraction of sp³-hybridized carbons (Fsp3) is 0.412. The molecule has 3 heterocycles. The Hall–Kier alpha value is -1.96. The second-order valence-electron chi connectivity index (χ2n) is 6.27. The predicted molar refractivity (Wildman–Crippen MR) is 92.4 cm³/mol. The van der Waals surface area contributed by atoms with Crippen LogP contribution in [0.25, 0.3) is 4.96 Å². The standard InChI is InChI=1S/C17H20N4O2S/c1-11-8-20(9-12(2)23-11)14(13-6-4-3-5-7-13)15-16(22)21-17(24-15)18-10-19-21/h3-7,10-12,14,22H,8-9H2,1-2H3/t11-,12-,14+/m0/s1. The lowest BCUT2D eigenvalue weighted by molar-refractivity contribution is -0.0764. The first-order chi connectivity index (χ1) is 11.6. The van der Waals surface area contributed by atoms with Gasteiger partial charge in [0.25, 0.3) is 0 Å². The summed E-state index contributed by atoms with van der Waals surface area (Å²) in [6.45, 7) is 5.81. The van der Waals surface area contributed by atoms with Crippen LogP contribution in [-0.4, -0.2) is 49.9 Å². The highest BCUT2D eigenvalue weighted by Crippen LogP contribution is 2.40. The van der Waals surface area contributed by atoms with Crippen molar-refractivity contribution in [3.05, 3.63) is 47.1 Å². The molecule has 0 amide bonds. The summed E-state index contributed by atoms with van der Waals surface area (Å²) in [7, 11) is 0. The Balaban J connectivity index is 1.81. The van der Waals surface area contributed by atoms with Crippen LogP contribution in [0.5, 0.6) is 5.88 Å². The second-order valence-corrected chi connectivity index (χ2v) is 7.28. The summed E-state index contributed by atoms with van der Waals surface area (Å²) in [4.78, 5) is 8.17. The molecule has 3 atom stereocenters. The predicted octanol–water partition coefficient (Wildman–Crippen LogP) is 2.70. The van der Waals surface area contributed by atoms with Crippen LogP contribution in [0.3, 0.4) is 0 Å². The quantitative estimate of drug-likeness (QED) is 0.791. The van der Waals surface area contributed by atoms with E-state index in [-0.39, 0.29) is 24.1 Å². The lowest BCUT2D eigenvalue weighted by Crippen LogP contribution is -2.47. The first-order valence-corrected chi connectivity index (χ1v) is 8.91. The van der Waals surface area contributed by atoms with Gasteiger partial charge < -0.3 is 9.84 Å². The fourth-order valence-corrected chi connectivity index (χ4v) is 4.56. The van der Waals surface area contributed by atoms with Crippen molar-refractivity contribution < 1.29 is 9.84 Å². The third-order valence-electron chi connectivity index (χ3n) is 4.32. The molecule has 1 aromatic carbocycles. The van der Waals surface area contributed by atoms with Crippen molar-refractivity contribution in [2.45, 2.75) is 32.1 Å². The van der Waals surface area contributed by atoms with Gasteiger partial charge in [0.1, 0.15) is 6.33 Å². The van der Waals surface area contributed by atoms with E-state index in [2.05, 4.69) is 41.0 Å². The summed E-state index contributed by atoms with van der Waals surface area (Å²) < 4.78 is 7.39. The summed E-state index contributed by atoms with van der Waals surface area (Å²) in [5.41, 5.74) is 1.15. The molecule has 1 fully saturated rings. The number of rotatable bonds is 3. The topological polar surface area (TPSA) is 62.9 Å². The monoisotopic (exact) mass is 344 g/mol. The summed E-state index contributed by atoms with van der Waals surface area (Å²) in [6.07, 6.45) is 1.78. The highest BCUT2D eigenvalue weighted by molar-refractivity contribution is 7.17. The number of nitrogens with zero attached hydrogens (tertiary/aromatic N) is 4. The van der Waals surface area contributed by atoms with E-state index in [1.54, 1.807) is 0 Å². The van der Waals surface area contributed by atoms with Gasteiger partial charge >= 0.3 is 0 Å². The van der Waals surface area contributed by atoms with Crippen LogP contribution in [0.4, 0.5) is 0 Å². The van der Waals surface area contributed by atoms with Gasteiger partial charge in [-0.3, -0.25) is 4.90 Å². The Kier molecular flexibility index (Phi) is 3.99. The maximum atomic E-state index is 10.7. The van der Waals surface area contributed by atoms with E-state index in [1.165, 1.54) is 22.2 Å². The summed E-state index contributed by atoms with van der Waals surface area (Å²) >= 11 is 1.49. The largest absolute Gasteiger partial charge is 0.492 e. The van der Waals surface area contributed by atoms with Gasteiger partial charge in [-0.15, -0.1) is 0 Å². The Labute approximate surface area is 144 Å². The molecule has 4 rings (SSSR count). The van der Waals surface area contributed by atoms with E-state index in [9.17, 15) is 5.11 Å². The molecule has 1 N–H and O–H groups in total. The van der Waals surface area contributed by atoms with Crippen molar-refractivity contribution in [3.8, 4) is 5.88 Å². The molecule has 0 unspecified atom stereocenters. The van der Waals surface area contributed by atoms with Crippen molar-refractivity contribution in [2.24, 2.45) is 0 Å². The molecule has 1 saturated heterocycles. The zero-order chi connectivity index (χ0) is 16.7. The van der Waals surface area contributed by atoms with Gasteiger partial charge in [-0.25, -0.2) is 4.98 Å². The zero-order valence-electron chi connectivity index (χ0n) is 13.7. The Morgan fingerprint density at radius 3 is 2.58 bits per heavy atom. The number of hydrogen-bond donors (Lipinski definition) is 1. The van der Waals surface area contributed by atoms with Gasteiger partial charge in [0.05, 0.1) is 23.1 Å². The number of benzene rings is 1. The van der Waals surface area contributed by atoms with Crippen molar-refractivity contribution in [2.75, 3.05) is 13.1 Å². The number of hydrogen-bond acceptors (Lipinski definition) is 6. The number of aromatic nitrogens is 3. The van der Waals surface area contributed by atoms with Gasteiger partial charge in [0, 0.05) is 13.1 Å². The molecule has 6 nitrogen and oxygen atoms in total. The number of aromatic hydroxyl groups is 1. The summed E-state index contributed by atoms with van der Waals surface area (Å²) in [6, 6.07) is 10.2. The highest BCUT2D eigenvalue weighted by Gasteiger charge is 2.33. The number of fused-ring (bicyclic) bond motifs is 1. The molecule has 1 aliphatic heterocycles. The average molecular weight is 344 g/mol. The van der Waals surface area contributed by atoms with Crippen LogP contribution in [0.15, 0.2) is 36.7 Å². The van der Waals surface area contributed by atoms with Crippen LogP contribution in [0.1, 0.15) is 30.3 Å². The van der Waals surface area contributed by atoms with E-state index in [0.29, 0.717) is 4.96 Å². The van der Waals surface area contributed by atoms with Crippen molar-refractivity contribution >= 4 is 16.3 Å². The van der Waals surface area contributed by atoms with Gasteiger partial charge in [0.15, 0.2) is 0 Å². The Morgan fingerprint density at radius 2 is 1.92 bits per heavy atom. The SMILES string of the molecule is C[C@H]1CN([C@H](c2ccccc2)c2sc3ncnn3c2O)C[C@H](C)O1. The molecular formula is C17H20N4O2S. The summed E-state index contributed by atoms with van der Waals surface area (Å²) in [5.74, 6) is 0.174. The molecule has 0 spiro atoms. The van der Waals surface area contributed by atoms with E-state index in [4.69, 9.17) is 4.74 Å². The average Bonchev–Trinajstić information content (AvgIpc) is 3.12. The minimum atomic E-state index is -0.0338. The normalized spacial score (nSPS) is 23.6. The van der Waals surface area contributed by atoms with E-state index < -0.39 is 0 Å². The van der Waals surface area contributed by atoms with Crippen molar-refractivity contribution in [1.82, 2.24) is 19.5 Å². The molecule has 126 valence electrons. The molecule has 1 aliphatic rings. The smallest absolute Gasteiger partial charge is 0.230 e. The Bertz CT molecular complexity index is 822. The van der Waals surface area contributed by atoms with Crippen LogP contribution >= 0.6 is 11.3 Å². The first kappa shape index (κ1) is 15.6. The molecule has 7 heteroatoms. The Morgan fingerprint density at radius 1 is 1.21 bits per heavy atom. The van der Waals surface area contributed by atoms with E-state index in [0.717, 1.165) is 23.5 Å². The van der Waals surface area contributed by atoms with Gasteiger partial charge in [-0.05, 0) is 19.4 Å². The minimum absolute atomic E-state index is 0.0338. The van der Waals surface area contributed by atoms with Crippen LogP contribution < -0.4 is 0 Å². The molecule has 0 aliphatic carbocycles. The van der Waals surface area contributed by atoms with Crippen LogP contribution in [0, 0.1) is 0 Å². The second kappa shape index (κ2) is 6.16. The van der Waals surface area contributed by atoms with Crippen LogP contribution in [-0.2, 0) is 4.74 Å². The highest BCUT2D eigenvalue weighted by atomic mass is 32.1. The molecule has 0 saturated carbocycles. The fourth-order valence-electron chi connectivity index (χ4n) is 3.46. The third kappa shape index (κ3) is 2.68. The third-order valence-corrected chi connectivity index (χ3v) is 5.40. The van der Waals surface area contributed by atoms with Gasteiger partial charge in [-0.2, -0.15) is 9.61 Å². The van der Waals surface area contributed by atoms with Crippen LogP contribution in [0.2, 0.25) is 0 Å². The zero-order valence-corrected chi connectivity index (χ0v) is 14.5. The molecule has 3 aromatic rings. The molecular weight excluding hydrogens is 324 g/mol. The minimum Gasteiger partial charge on any atom is -0.492 e. The van der Waals surface area contributed by atoms with E-state index in [1.807, 2.05) is 18.2 Å². The van der Waals surface area contributed by atoms with Gasteiger partial charge in [0.2, 0.25) is 10.8 Å². The molecule has 24 heavy (non-hydrogen) atoms. The maximum absolute atomic E-state index is 10.7. The number of morpholine rings is 1. The molecule has 0 bridgehead atoms. The summed E-state index contributed by atoms with van der Waals surface area (Å²) in [5, 5.41) is 14.8. The van der Waals surface area contributed by atoms with Crippen molar-refractivity contribution in [1.29, 1.82) is 0 Å². The molecule has 2 aromatic heterocycles. The lowest BCUT2D eigenvalue weighted by atomic mass is 10.0. The number of thiazole rings is 1. The van der Waals surface area contributed by atoms with Gasteiger partial charge in [-0.1, -0.05) is 41.7 Å². The maximum Gasteiger partial charge on any atom is 0.230 e.